The number of hydrogen-bond acceptors (Lipinski definition) is 14. The minimum Gasteiger partial charge on any atom is -0.501 e. The van der Waals surface area contributed by atoms with Gasteiger partial charge in [-0.2, -0.15) is 13.2 Å². The summed E-state index contributed by atoms with van der Waals surface area (Å²) >= 11 is 0. The van der Waals surface area contributed by atoms with E-state index in [0.29, 0.717) is 52.8 Å². The molecule has 1 amide bonds. The van der Waals surface area contributed by atoms with Crippen molar-refractivity contribution in [2.24, 2.45) is 5.92 Å². The Morgan fingerprint density at radius 2 is 1.11 bits per heavy atom. The molecule has 3 aromatic heterocycles. The van der Waals surface area contributed by atoms with Gasteiger partial charge in [-0.3, -0.25) is 29.0 Å². The Morgan fingerprint density at radius 3 is 1.42 bits per heavy atom. The molecule has 2 saturated heterocycles. The summed E-state index contributed by atoms with van der Waals surface area (Å²) in [7, 11) is 1.56. The first-order valence-corrected chi connectivity index (χ1v) is 24.1. The summed E-state index contributed by atoms with van der Waals surface area (Å²) in [6.45, 7) is 33.1. The van der Waals surface area contributed by atoms with Crippen molar-refractivity contribution in [1.29, 1.82) is 0 Å². The van der Waals surface area contributed by atoms with Crippen LogP contribution in [0.4, 0.5) is 13.2 Å². The zero-order valence-electron chi connectivity index (χ0n) is 45.8. The van der Waals surface area contributed by atoms with Crippen LogP contribution in [-0.4, -0.2) is 130 Å². The second-order valence-electron chi connectivity index (χ2n) is 18.8. The highest BCUT2D eigenvalue weighted by atomic mass is 19.4. The fourth-order valence-corrected chi connectivity index (χ4v) is 8.00. The average molecular weight is 1020 g/mol. The number of hydrogen-bond donors (Lipinski definition) is 1. The maximum Gasteiger partial charge on any atom is 0.416 e. The van der Waals surface area contributed by atoms with E-state index >= 15 is 0 Å². The number of nitrogens with zero attached hydrogens (tertiary/aromatic N) is 9. The van der Waals surface area contributed by atoms with Gasteiger partial charge in [0.05, 0.1) is 52.7 Å². The number of halogens is 3. The monoisotopic (exact) mass is 1020 g/mol. The van der Waals surface area contributed by atoms with Crippen molar-refractivity contribution in [3.63, 3.8) is 0 Å². The van der Waals surface area contributed by atoms with Gasteiger partial charge in [-0.1, -0.05) is 12.1 Å². The number of carbonyl (C=O) groups is 5. The van der Waals surface area contributed by atoms with Crippen LogP contribution in [0.25, 0.3) is 0 Å². The number of carboxylic acid groups (broad SMARTS) is 1. The molecule has 73 heavy (non-hydrogen) atoms. The molecule has 1 N–H and O–H groups in total. The van der Waals surface area contributed by atoms with Gasteiger partial charge in [-0.25, -0.2) is 34.7 Å². The van der Waals surface area contributed by atoms with Crippen molar-refractivity contribution >= 4 is 29.2 Å². The number of amides is 1. The van der Waals surface area contributed by atoms with E-state index in [2.05, 4.69) is 60.5 Å². The van der Waals surface area contributed by atoms with Gasteiger partial charge in [0.15, 0.2) is 5.78 Å². The molecule has 2 atom stereocenters. The van der Waals surface area contributed by atoms with Crippen molar-refractivity contribution in [2.75, 3.05) is 39.8 Å². The SMILES string of the molecule is CC(=O)C(C)C(C)=O.COC(C)=C(C)C(C)=O.Cc1ncnc(C)c1C.Cc1ncnc(C)c1C(=O)N1CCC(C)(N2CCN([C@@H](C)c3ccc(C(F)(F)F)cc3)[C@@H](C)C2)CC1.Cc1ncnc(C)c1C(=O)O. The third-order valence-corrected chi connectivity index (χ3v) is 13.8. The molecule has 4 aromatic rings. The Labute approximate surface area is 429 Å². The number of aryl methyl sites for hydroxylation is 6. The first-order chi connectivity index (χ1) is 33.9. The molecule has 6 rings (SSSR count). The van der Waals surface area contributed by atoms with E-state index in [9.17, 15) is 37.1 Å². The van der Waals surface area contributed by atoms with Crippen LogP contribution in [0.1, 0.15) is 153 Å². The Kier molecular flexibility index (Phi) is 24.3. The molecule has 2 aliphatic heterocycles. The molecule has 1 aromatic carbocycles. The lowest BCUT2D eigenvalue weighted by Gasteiger charge is -2.52. The maximum absolute atomic E-state index is 13.2. The molecule has 0 saturated carbocycles. The van der Waals surface area contributed by atoms with Gasteiger partial charge in [-0.05, 0) is 147 Å². The van der Waals surface area contributed by atoms with Crippen molar-refractivity contribution in [3.8, 4) is 0 Å². The minimum atomic E-state index is -4.32. The van der Waals surface area contributed by atoms with E-state index in [0.717, 1.165) is 49.4 Å². The number of aromatic carboxylic acids is 1. The predicted molar refractivity (Wildman–Crippen MR) is 274 cm³/mol. The quantitative estimate of drug-likeness (QED) is 0.0943. The first-order valence-electron chi connectivity index (χ1n) is 24.1. The van der Waals surface area contributed by atoms with Crippen molar-refractivity contribution < 1.29 is 47.0 Å². The number of piperidine rings is 1. The molecule has 5 heterocycles. The highest BCUT2D eigenvalue weighted by Gasteiger charge is 2.41. The number of piperazine rings is 1. The Bertz CT molecular complexity index is 2490. The van der Waals surface area contributed by atoms with Crippen molar-refractivity contribution in [3.05, 3.63) is 117 Å². The van der Waals surface area contributed by atoms with Crippen molar-refractivity contribution in [1.82, 2.24) is 44.6 Å². The number of carbonyl (C=O) groups excluding carboxylic acids is 4. The van der Waals surface area contributed by atoms with Crippen LogP contribution in [0, 0.1) is 54.4 Å². The lowest BCUT2D eigenvalue weighted by molar-refractivity contribution is -0.137. The number of alkyl halides is 3. The molecular formula is C54H76F3N9O7. The molecule has 0 radical (unpaired) electrons. The molecule has 16 nitrogen and oxygen atoms in total. The number of rotatable bonds is 9. The summed E-state index contributed by atoms with van der Waals surface area (Å²) in [6, 6.07) is 5.85. The molecule has 0 spiro atoms. The number of carboxylic acids is 1. The van der Waals surface area contributed by atoms with Gasteiger partial charge in [0.1, 0.15) is 36.1 Å². The van der Waals surface area contributed by atoms with Gasteiger partial charge >= 0.3 is 12.1 Å². The number of ether oxygens (including phenoxy) is 1. The highest BCUT2D eigenvalue weighted by molar-refractivity contribution is 5.99. The summed E-state index contributed by atoms with van der Waals surface area (Å²) in [6.07, 6.45) is 1.92. The lowest BCUT2D eigenvalue weighted by Crippen LogP contribution is -2.62. The zero-order valence-corrected chi connectivity index (χ0v) is 45.8. The number of allylic oxidation sites excluding steroid dienone is 2. The van der Waals surface area contributed by atoms with Crippen LogP contribution < -0.4 is 0 Å². The van der Waals surface area contributed by atoms with Gasteiger partial charge in [0.2, 0.25) is 0 Å². The molecule has 400 valence electrons. The summed E-state index contributed by atoms with van der Waals surface area (Å²) in [5.74, 6) is -0.723. The number of benzene rings is 1. The topological polar surface area (TPSA) is 202 Å². The summed E-state index contributed by atoms with van der Waals surface area (Å²) in [5.41, 5.74) is 7.58. The molecule has 2 fully saturated rings. The van der Waals surface area contributed by atoms with Crippen LogP contribution in [0.3, 0.4) is 0 Å². The number of aromatic nitrogens is 6. The fourth-order valence-electron chi connectivity index (χ4n) is 8.00. The Hall–Kier alpha value is -6.34. The second kappa shape index (κ2) is 28.2. The van der Waals surface area contributed by atoms with E-state index in [1.807, 2.05) is 39.5 Å². The van der Waals surface area contributed by atoms with E-state index < -0.39 is 23.6 Å². The molecule has 2 aliphatic rings. The van der Waals surface area contributed by atoms with Crippen molar-refractivity contribution in [2.45, 2.75) is 147 Å². The van der Waals surface area contributed by atoms with E-state index in [-0.39, 0.29) is 46.4 Å². The fraction of sp³-hybridized carbons (Fsp3) is 0.537. The molecule has 0 bridgehead atoms. The minimum absolute atomic E-state index is 0.00595. The summed E-state index contributed by atoms with van der Waals surface area (Å²) < 4.78 is 43.7. The number of Topliss-reactive ketones (excluding diaryl/α,β-unsaturated/α-hetero) is 3. The summed E-state index contributed by atoms with van der Waals surface area (Å²) in [4.78, 5) is 85.9. The van der Waals surface area contributed by atoms with Crippen LogP contribution in [0.2, 0.25) is 0 Å². The lowest BCUT2D eigenvalue weighted by atomic mass is 9.86. The van der Waals surface area contributed by atoms with Crippen LogP contribution in [0.15, 0.2) is 54.6 Å². The van der Waals surface area contributed by atoms with Gasteiger partial charge in [-0.15, -0.1) is 0 Å². The largest absolute Gasteiger partial charge is 0.501 e. The van der Waals surface area contributed by atoms with E-state index in [4.69, 9.17) is 9.84 Å². The normalized spacial score (nSPS) is 16.3. The number of likely N-dealkylation sites (tertiary alicyclic amines) is 1. The standard InChI is InChI=1S/C27H36F3N5O.C7H8N2O2.C7H10N2.C7H12O2.C6H10O2/c1-18-16-34(14-15-35(18)21(4)22-6-8-23(9-7-22)27(28,29)30)26(5)10-12-33(13-11-26)25(36)24-19(2)31-17-32-20(24)3;1-4-6(7(10)11)5(2)9-3-8-4;1-5-6(2)8-4-9-7(5)3;1-5(6(2)8)7(3)9-4;1-4(5(2)7)6(3)8/h6-9,17-18,21H,10-16H2,1-5H3;3H,1-2H3,(H,10,11);4H,1-3H3;1-4H3;4H,1-3H3/t18-,21-;;;;/m0..../s1. The Morgan fingerprint density at radius 1 is 0.685 bits per heavy atom. The van der Waals surface area contributed by atoms with Gasteiger partial charge < -0.3 is 14.7 Å². The molecule has 0 aliphatic carbocycles. The highest BCUT2D eigenvalue weighted by Crippen LogP contribution is 2.35. The first kappa shape index (κ1) is 62.8. The molecule has 0 unspecified atom stereocenters. The Balaban J connectivity index is 0.000000396. The third-order valence-electron chi connectivity index (χ3n) is 13.8. The molecular weight excluding hydrogens is 944 g/mol. The van der Waals surface area contributed by atoms with Gasteiger partial charge in [0.25, 0.3) is 5.91 Å². The van der Waals surface area contributed by atoms with E-state index in [1.165, 1.54) is 51.1 Å². The predicted octanol–water partition coefficient (Wildman–Crippen LogP) is 9.38. The number of ketones is 3. The maximum atomic E-state index is 13.2. The smallest absolute Gasteiger partial charge is 0.416 e. The van der Waals surface area contributed by atoms with Crippen LogP contribution in [0.5, 0.6) is 0 Å². The van der Waals surface area contributed by atoms with Gasteiger partial charge in [0, 0.05) is 67.3 Å². The second-order valence-corrected chi connectivity index (χ2v) is 18.8. The van der Waals surface area contributed by atoms with Crippen LogP contribution >= 0.6 is 0 Å². The zero-order chi connectivity index (χ0) is 55.7. The average Bonchev–Trinajstić information content (AvgIpc) is 3.32. The van der Waals surface area contributed by atoms with Crippen LogP contribution in [-0.2, 0) is 25.3 Å². The number of methoxy groups -OCH3 is 1. The summed E-state index contributed by atoms with van der Waals surface area (Å²) in [5, 5.41) is 8.67. The third kappa shape index (κ3) is 18.3. The molecule has 19 heteroatoms. The van der Waals surface area contributed by atoms with E-state index in [1.54, 1.807) is 60.2 Å².